The number of aromatic nitrogens is 3. The number of pyridine rings is 1. The molecule has 24 heavy (non-hydrogen) atoms. The lowest BCUT2D eigenvalue weighted by atomic mass is 10.2. The molecular formula is C16H15N5O2S. The van der Waals surface area contributed by atoms with Crippen LogP contribution < -0.4 is 10.0 Å². The summed E-state index contributed by atoms with van der Waals surface area (Å²) >= 11 is 0. The molecule has 0 aliphatic carbocycles. The summed E-state index contributed by atoms with van der Waals surface area (Å²) in [4.78, 5) is 14.5. The standard InChI is InChI=1S/C16H15N5O2S/c17-24(22,23)15-3-1-13(2-4-15)12-21(14-5-7-18-8-6-14)16-11-19-9-10-20-16/h1-11H,12H2,(H2,17,22,23). The highest BCUT2D eigenvalue weighted by atomic mass is 32.2. The summed E-state index contributed by atoms with van der Waals surface area (Å²) in [5.41, 5.74) is 1.81. The second-order valence-electron chi connectivity index (χ2n) is 5.04. The highest BCUT2D eigenvalue weighted by molar-refractivity contribution is 7.89. The summed E-state index contributed by atoms with van der Waals surface area (Å²) in [5.74, 6) is 0.680. The van der Waals surface area contributed by atoms with Gasteiger partial charge in [-0.15, -0.1) is 0 Å². The van der Waals surface area contributed by atoms with E-state index < -0.39 is 10.0 Å². The van der Waals surface area contributed by atoms with Crippen LogP contribution in [0, 0.1) is 0 Å². The number of primary sulfonamides is 1. The summed E-state index contributed by atoms with van der Waals surface area (Å²) in [6.45, 7) is 0.494. The van der Waals surface area contributed by atoms with Gasteiger partial charge in [-0.2, -0.15) is 0 Å². The molecule has 122 valence electrons. The summed E-state index contributed by atoms with van der Waals surface area (Å²) in [7, 11) is -3.70. The molecule has 0 aliphatic rings. The quantitative estimate of drug-likeness (QED) is 0.760. The lowest BCUT2D eigenvalue weighted by molar-refractivity contribution is 0.598. The normalized spacial score (nSPS) is 11.2. The predicted molar refractivity (Wildman–Crippen MR) is 89.9 cm³/mol. The van der Waals surface area contributed by atoms with Gasteiger partial charge in [-0.1, -0.05) is 12.1 Å². The first-order valence-corrected chi connectivity index (χ1v) is 8.64. The highest BCUT2D eigenvalue weighted by Gasteiger charge is 2.13. The number of benzene rings is 1. The molecule has 0 radical (unpaired) electrons. The van der Waals surface area contributed by atoms with Crippen molar-refractivity contribution >= 4 is 21.5 Å². The summed E-state index contributed by atoms with van der Waals surface area (Å²) < 4.78 is 22.7. The number of hydrogen-bond donors (Lipinski definition) is 1. The number of sulfonamides is 1. The Hall–Kier alpha value is -2.84. The van der Waals surface area contributed by atoms with E-state index in [-0.39, 0.29) is 4.90 Å². The van der Waals surface area contributed by atoms with Gasteiger partial charge in [0.2, 0.25) is 10.0 Å². The Morgan fingerprint density at radius 1 is 0.917 bits per heavy atom. The van der Waals surface area contributed by atoms with E-state index in [4.69, 9.17) is 5.14 Å². The molecule has 7 nitrogen and oxygen atoms in total. The first kappa shape index (κ1) is 16.0. The fourth-order valence-electron chi connectivity index (χ4n) is 2.23. The number of hydrogen-bond acceptors (Lipinski definition) is 6. The third-order valence-corrected chi connectivity index (χ3v) is 4.32. The first-order valence-electron chi connectivity index (χ1n) is 7.09. The van der Waals surface area contributed by atoms with Gasteiger partial charge in [0.15, 0.2) is 5.82 Å². The summed E-state index contributed by atoms with van der Waals surface area (Å²) in [5, 5.41) is 5.13. The molecule has 1 aromatic carbocycles. The van der Waals surface area contributed by atoms with Crippen LogP contribution in [0.25, 0.3) is 0 Å². The zero-order chi connectivity index (χ0) is 17.0. The first-order chi connectivity index (χ1) is 11.5. The largest absolute Gasteiger partial charge is 0.321 e. The van der Waals surface area contributed by atoms with E-state index in [1.807, 2.05) is 17.0 Å². The van der Waals surface area contributed by atoms with E-state index in [1.54, 1.807) is 43.1 Å². The van der Waals surface area contributed by atoms with E-state index in [1.165, 1.54) is 12.1 Å². The summed E-state index contributed by atoms with van der Waals surface area (Å²) in [6.07, 6.45) is 8.29. The average Bonchev–Trinajstić information content (AvgIpc) is 2.61. The average molecular weight is 341 g/mol. The van der Waals surface area contributed by atoms with Gasteiger partial charge in [0, 0.05) is 37.0 Å². The van der Waals surface area contributed by atoms with Crippen molar-refractivity contribution in [3.8, 4) is 0 Å². The SMILES string of the molecule is NS(=O)(=O)c1ccc(CN(c2ccncc2)c2cnccn2)cc1. The third kappa shape index (κ3) is 3.73. The molecule has 0 bridgehead atoms. The van der Waals surface area contributed by atoms with E-state index in [9.17, 15) is 8.42 Å². The molecule has 0 unspecified atom stereocenters. The van der Waals surface area contributed by atoms with Crippen LogP contribution in [0.2, 0.25) is 0 Å². The molecule has 0 aliphatic heterocycles. The van der Waals surface area contributed by atoms with Crippen molar-refractivity contribution in [2.24, 2.45) is 5.14 Å². The maximum atomic E-state index is 11.4. The van der Waals surface area contributed by atoms with Crippen LogP contribution in [-0.2, 0) is 16.6 Å². The third-order valence-electron chi connectivity index (χ3n) is 3.39. The highest BCUT2D eigenvalue weighted by Crippen LogP contribution is 2.24. The van der Waals surface area contributed by atoms with E-state index in [0.29, 0.717) is 12.4 Å². The van der Waals surface area contributed by atoms with E-state index in [0.717, 1.165) is 11.3 Å². The van der Waals surface area contributed by atoms with Crippen molar-refractivity contribution in [2.45, 2.75) is 11.4 Å². The van der Waals surface area contributed by atoms with Gasteiger partial charge in [0.25, 0.3) is 0 Å². The minimum atomic E-state index is -3.70. The van der Waals surface area contributed by atoms with Gasteiger partial charge < -0.3 is 4.90 Å². The Morgan fingerprint density at radius 2 is 1.62 bits per heavy atom. The fourth-order valence-corrected chi connectivity index (χ4v) is 2.74. The smallest absolute Gasteiger partial charge is 0.238 e. The van der Waals surface area contributed by atoms with E-state index in [2.05, 4.69) is 15.0 Å². The zero-order valence-corrected chi connectivity index (χ0v) is 13.5. The minimum Gasteiger partial charge on any atom is -0.321 e. The maximum Gasteiger partial charge on any atom is 0.238 e. The van der Waals surface area contributed by atoms with Crippen molar-refractivity contribution in [2.75, 3.05) is 4.90 Å². The molecule has 2 aromatic heterocycles. The molecule has 3 aromatic rings. The van der Waals surface area contributed by atoms with Crippen LogP contribution >= 0.6 is 0 Å². The molecule has 8 heteroatoms. The molecule has 0 fully saturated rings. The van der Waals surface area contributed by atoms with Crippen molar-refractivity contribution < 1.29 is 8.42 Å². The molecule has 0 saturated carbocycles. The van der Waals surface area contributed by atoms with Crippen LogP contribution in [-0.4, -0.2) is 23.4 Å². The summed E-state index contributed by atoms with van der Waals surface area (Å²) in [6, 6.07) is 10.2. The van der Waals surface area contributed by atoms with Crippen LogP contribution in [0.1, 0.15) is 5.56 Å². The zero-order valence-electron chi connectivity index (χ0n) is 12.6. The van der Waals surface area contributed by atoms with Crippen LogP contribution in [0.4, 0.5) is 11.5 Å². The number of nitrogens with zero attached hydrogens (tertiary/aromatic N) is 4. The molecule has 0 amide bonds. The van der Waals surface area contributed by atoms with Crippen LogP contribution in [0.15, 0.2) is 72.3 Å². The monoisotopic (exact) mass is 341 g/mol. The molecule has 0 saturated heterocycles. The predicted octanol–water partition coefficient (Wildman–Crippen LogP) is 1.86. The molecular weight excluding hydrogens is 326 g/mol. The molecule has 3 rings (SSSR count). The number of rotatable bonds is 5. The van der Waals surface area contributed by atoms with Gasteiger partial charge in [0.1, 0.15) is 0 Å². The Balaban J connectivity index is 1.93. The van der Waals surface area contributed by atoms with Gasteiger partial charge in [-0.05, 0) is 29.8 Å². The Kier molecular flexibility index (Phi) is 4.50. The van der Waals surface area contributed by atoms with Crippen LogP contribution in [0.3, 0.4) is 0 Å². The molecule has 2 N–H and O–H groups in total. The van der Waals surface area contributed by atoms with Crippen molar-refractivity contribution in [3.63, 3.8) is 0 Å². The minimum absolute atomic E-state index is 0.0845. The van der Waals surface area contributed by atoms with Gasteiger partial charge >= 0.3 is 0 Å². The second-order valence-corrected chi connectivity index (χ2v) is 6.61. The van der Waals surface area contributed by atoms with Gasteiger partial charge in [-0.3, -0.25) is 9.97 Å². The fraction of sp³-hybridized carbons (Fsp3) is 0.0625. The lowest BCUT2D eigenvalue weighted by Crippen LogP contribution is -2.18. The lowest BCUT2D eigenvalue weighted by Gasteiger charge is -2.23. The second kappa shape index (κ2) is 6.73. The van der Waals surface area contributed by atoms with Gasteiger partial charge in [0.05, 0.1) is 11.1 Å². The maximum absolute atomic E-state index is 11.4. The van der Waals surface area contributed by atoms with Crippen molar-refractivity contribution in [1.82, 2.24) is 15.0 Å². The topological polar surface area (TPSA) is 102 Å². The molecule has 0 spiro atoms. The molecule has 0 atom stereocenters. The van der Waals surface area contributed by atoms with Crippen LogP contribution in [0.5, 0.6) is 0 Å². The number of nitrogens with two attached hydrogens (primary N) is 1. The van der Waals surface area contributed by atoms with Crippen molar-refractivity contribution in [1.29, 1.82) is 0 Å². The van der Waals surface area contributed by atoms with E-state index >= 15 is 0 Å². The number of anilines is 2. The molecule has 2 heterocycles. The van der Waals surface area contributed by atoms with Gasteiger partial charge in [-0.25, -0.2) is 18.5 Å². The van der Waals surface area contributed by atoms with Crippen molar-refractivity contribution in [3.05, 3.63) is 72.9 Å². The Morgan fingerprint density at radius 3 is 2.21 bits per heavy atom. The Bertz CT molecular complexity index is 861. The Labute approximate surface area is 139 Å².